The number of carbonyl (C=O) groups is 1. The highest BCUT2D eigenvalue weighted by molar-refractivity contribution is 6.35. The van der Waals surface area contributed by atoms with E-state index in [1.165, 1.54) is 18.6 Å². The molecule has 0 radical (unpaired) electrons. The van der Waals surface area contributed by atoms with Gasteiger partial charge in [-0.1, -0.05) is 79.9 Å². The van der Waals surface area contributed by atoms with Gasteiger partial charge in [-0.15, -0.1) is 0 Å². The topological polar surface area (TPSA) is 80.5 Å². The third-order valence-corrected chi connectivity index (χ3v) is 4.47. The molecular weight excluding hydrogens is 460 g/mol. The number of nitrogens with zero attached hydrogens (tertiary/aromatic N) is 1. The molecule has 2 aromatic carbocycles. The van der Waals surface area contributed by atoms with Crippen LogP contribution in [-0.4, -0.2) is 11.4 Å². The number of anilines is 1. The maximum absolute atomic E-state index is 13.4. The predicted molar refractivity (Wildman–Crippen MR) is 137 cm³/mol. The minimum Gasteiger partial charge on any atom is -0.345 e. The van der Waals surface area contributed by atoms with Crippen molar-refractivity contribution in [1.29, 1.82) is 5.26 Å². The molecule has 0 saturated carbocycles. The van der Waals surface area contributed by atoms with Crippen molar-refractivity contribution >= 4 is 34.8 Å². The summed E-state index contributed by atoms with van der Waals surface area (Å²) < 4.78 is 13.4. The van der Waals surface area contributed by atoms with Gasteiger partial charge in [0, 0.05) is 19.0 Å². The quantitative estimate of drug-likeness (QED) is 0.357. The zero-order valence-electron chi connectivity index (χ0n) is 19.9. The summed E-state index contributed by atoms with van der Waals surface area (Å²) in [7, 11) is 0. The highest BCUT2D eigenvalue weighted by atomic mass is 35.5. The summed E-state index contributed by atoms with van der Waals surface area (Å²) in [5, 5.41) is 11.1. The molecule has 1 amide bonds. The van der Waals surface area contributed by atoms with Crippen molar-refractivity contribution in [2.75, 3.05) is 5.32 Å². The average molecular weight is 493 g/mol. The van der Waals surface area contributed by atoms with Crippen molar-refractivity contribution in [3.8, 4) is 6.07 Å². The van der Waals surface area contributed by atoms with Gasteiger partial charge < -0.3 is 11.1 Å². The van der Waals surface area contributed by atoms with Crippen LogP contribution in [0.2, 0.25) is 10.0 Å². The van der Waals surface area contributed by atoms with E-state index in [0.29, 0.717) is 17.7 Å². The first-order valence-electron chi connectivity index (χ1n) is 10.5. The SMILES string of the molecule is C=C(C)/C=C\C.CCC.C[C@@]([NH3+])(Cc1ccc(C#N)cc1)C(=O)Nc1cc(Cl)c(F)c(Cl)c1. The summed E-state index contributed by atoms with van der Waals surface area (Å²) in [5.74, 6) is -1.09. The molecular formula is C26H33Cl2FN3O+. The van der Waals surface area contributed by atoms with E-state index in [0.717, 1.165) is 11.1 Å². The molecule has 0 fully saturated rings. The number of benzene rings is 2. The van der Waals surface area contributed by atoms with Crippen molar-refractivity contribution in [2.45, 2.75) is 53.0 Å². The summed E-state index contributed by atoms with van der Waals surface area (Å²) in [4.78, 5) is 12.5. The van der Waals surface area contributed by atoms with Crippen LogP contribution in [0.5, 0.6) is 0 Å². The zero-order valence-corrected chi connectivity index (χ0v) is 21.4. The Morgan fingerprint density at radius 2 is 1.73 bits per heavy atom. The van der Waals surface area contributed by atoms with E-state index in [9.17, 15) is 9.18 Å². The van der Waals surface area contributed by atoms with Crippen LogP contribution in [0.15, 0.2) is 60.7 Å². The fraction of sp³-hybridized carbons (Fsp3) is 0.308. The van der Waals surface area contributed by atoms with Crippen molar-refractivity contribution in [3.63, 3.8) is 0 Å². The van der Waals surface area contributed by atoms with Crippen LogP contribution in [0.25, 0.3) is 0 Å². The minimum absolute atomic E-state index is 0.171. The number of quaternary nitrogens is 1. The molecule has 2 rings (SSSR count). The Hall–Kier alpha value is -2.65. The summed E-state index contributed by atoms with van der Waals surface area (Å²) in [6.07, 6.45) is 5.57. The molecule has 7 heteroatoms. The lowest BCUT2D eigenvalue weighted by atomic mass is 9.92. The molecule has 2 aromatic rings. The van der Waals surface area contributed by atoms with Crippen molar-refractivity contribution in [1.82, 2.24) is 0 Å². The second-order valence-corrected chi connectivity index (χ2v) is 8.62. The molecule has 0 aliphatic carbocycles. The number of nitrogens with one attached hydrogen (secondary N) is 1. The maximum atomic E-state index is 13.4. The van der Waals surface area contributed by atoms with Gasteiger partial charge in [-0.25, -0.2) is 4.39 Å². The van der Waals surface area contributed by atoms with Crippen LogP contribution in [-0.2, 0) is 11.2 Å². The second-order valence-electron chi connectivity index (χ2n) is 7.81. The smallest absolute Gasteiger partial charge is 0.285 e. The fourth-order valence-corrected chi connectivity index (χ4v) is 2.91. The molecule has 0 spiro atoms. The Labute approximate surface area is 206 Å². The lowest BCUT2D eigenvalue weighted by Crippen LogP contribution is -2.77. The highest BCUT2D eigenvalue weighted by Gasteiger charge is 2.33. The van der Waals surface area contributed by atoms with E-state index < -0.39 is 11.4 Å². The standard InChI is InChI=1S/C17H14Cl2FN3O.C6H10.C3H8/c1-17(22,8-10-2-4-11(9-21)5-3-10)16(24)23-12-6-13(18)15(20)14(19)7-12;1-4-5-6(2)3;1-3-2/h2-7H,8,22H2,1H3,(H,23,24);4-5H,2H2,1,3H3;3H2,1-2H3/p+1/b;5-4-;/t17-;;/m1../s1. The highest BCUT2D eigenvalue weighted by Crippen LogP contribution is 2.27. The average Bonchev–Trinajstić information content (AvgIpc) is 2.73. The Balaban J connectivity index is 0.000000969. The van der Waals surface area contributed by atoms with Gasteiger partial charge >= 0.3 is 0 Å². The third kappa shape index (κ3) is 11.7. The summed E-state index contributed by atoms with van der Waals surface area (Å²) in [5.41, 5.74) is 5.80. The summed E-state index contributed by atoms with van der Waals surface area (Å²) >= 11 is 11.4. The van der Waals surface area contributed by atoms with Crippen molar-refractivity contribution in [3.05, 3.63) is 87.7 Å². The third-order valence-electron chi connectivity index (χ3n) is 3.92. The van der Waals surface area contributed by atoms with Crippen LogP contribution in [0.1, 0.15) is 52.2 Å². The number of amides is 1. The van der Waals surface area contributed by atoms with E-state index in [-0.39, 0.29) is 16.0 Å². The molecule has 4 nitrogen and oxygen atoms in total. The maximum Gasteiger partial charge on any atom is 0.285 e. The van der Waals surface area contributed by atoms with Gasteiger partial charge in [0.2, 0.25) is 0 Å². The Bertz CT molecular complexity index is 971. The molecule has 0 saturated heterocycles. The molecule has 0 aliphatic rings. The van der Waals surface area contributed by atoms with Crippen LogP contribution in [0.4, 0.5) is 10.1 Å². The minimum atomic E-state index is -0.971. The normalized spacial score (nSPS) is 11.8. The number of allylic oxidation sites excluding steroid dienone is 3. The van der Waals surface area contributed by atoms with E-state index in [2.05, 4.69) is 31.5 Å². The largest absolute Gasteiger partial charge is 0.345 e. The molecule has 0 bridgehead atoms. The molecule has 0 heterocycles. The molecule has 1 atom stereocenters. The lowest BCUT2D eigenvalue weighted by Gasteiger charge is -2.20. The number of nitriles is 1. The predicted octanol–water partition coefficient (Wildman–Crippen LogP) is 6.74. The summed E-state index contributed by atoms with van der Waals surface area (Å²) in [6, 6.07) is 11.5. The van der Waals surface area contributed by atoms with E-state index in [4.69, 9.17) is 28.5 Å². The molecule has 4 N–H and O–H groups in total. The van der Waals surface area contributed by atoms with Gasteiger partial charge in [-0.2, -0.15) is 5.26 Å². The number of carbonyl (C=O) groups excluding carboxylic acids is 1. The first kappa shape index (κ1) is 30.4. The van der Waals surface area contributed by atoms with Gasteiger partial charge in [-0.3, -0.25) is 4.79 Å². The number of hydrogen-bond acceptors (Lipinski definition) is 2. The molecule has 0 aromatic heterocycles. The first-order valence-corrected chi connectivity index (χ1v) is 11.3. The van der Waals surface area contributed by atoms with Gasteiger partial charge in [0.25, 0.3) is 5.91 Å². The Morgan fingerprint density at radius 1 is 1.24 bits per heavy atom. The van der Waals surface area contributed by atoms with Gasteiger partial charge in [0.05, 0.1) is 21.7 Å². The number of hydrogen-bond donors (Lipinski definition) is 2. The van der Waals surface area contributed by atoms with E-state index in [1.54, 1.807) is 31.2 Å². The zero-order chi connectivity index (χ0) is 25.6. The van der Waals surface area contributed by atoms with E-state index >= 15 is 0 Å². The fourth-order valence-electron chi connectivity index (χ4n) is 2.42. The first-order chi connectivity index (χ1) is 15.4. The Morgan fingerprint density at radius 3 is 2.09 bits per heavy atom. The van der Waals surface area contributed by atoms with Crippen LogP contribution >= 0.6 is 23.2 Å². The molecule has 33 heavy (non-hydrogen) atoms. The summed E-state index contributed by atoms with van der Waals surface area (Å²) in [6.45, 7) is 13.5. The van der Waals surface area contributed by atoms with Gasteiger partial charge in [0.1, 0.15) is 0 Å². The molecule has 0 unspecified atom stereocenters. The Kier molecular flexibility index (Phi) is 14.0. The second kappa shape index (κ2) is 15.2. The molecule has 178 valence electrons. The van der Waals surface area contributed by atoms with Crippen molar-refractivity contribution < 1.29 is 14.9 Å². The van der Waals surface area contributed by atoms with Crippen LogP contribution in [0, 0.1) is 17.1 Å². The van der Waals surface area contributed by atoms with Gasteiger partial charge in [0.15, 0.2) is 11.4 Å². The lowest BCUT2D eigenvalue weighted by molar-refractivity contribution is -0.450. The van der Waals surface area contributed by atoms with Gasteiger partial charge in [-0.05, 0) is 43.7 Å². The van der Waals surface area contributed by atoms with Crippen LogP contribution < -0.4 is 11.1 Å². The monoisotopic (exact) mass is 492 g/mol. The van der Waals surface area contributed by atoms with Crippen molar-refractivity contribution in [2.24, 2.45) is 0 Å². The van der Waals surface area contributed by atoms with E-state index in [1.807, 2.05) is 32.1 Å². The molecule has 0 aliphatic heterocycles. The van der Waals surface area contributed by atoms with Crippen LogP contribution in [0.3, 0.4) is 0 Å². The number of rotatable bonds is 5. The number of halogens is 3.